The lowest BCUT2D eigenvalue weighted by Crippen LogP contribution is -2.47. The summed E-state index contributed by atoms with van der Waals surface area (Å²) in [4.78, 5) is 27.6. The minimum atomic E-state index is -3.18. The number of likely N-dealkylation sites (tertiary alicyclic amines) is 1. The molecule has 2 aliphatic heterocycles. The molecule has 0 unspecified atom stereocenters. The number of amides is 1. The van der Waals surface area contributed by atoms with Crippen molar-refractivity contribution in [2.24, 2.45) is 11.8 Å². The highest BCUT2D eigenvalue weighted by Crippen LogP contribution is 2.27. The number of piperidine rings is 2. The van der Waals surface area contributed by atoms with Crippen molar-refractivity contribution in [3.8, 4) is 0 Å². The standard InChI is InChI=1S/C21H30N2O4S/c1-15-4-5-19(16(2)14-15)20(24)17-6-10-22(11-7-17)21(25)18-8-12-23(13-9-18)28(3,26)27/h4-5,14,17-18H,6-13H2,1-3H3. The molecule has 0 spiro atoms. The van der Waals surface area contributed by atoms with Gasteiger partial charge in [-0.15, -0.1) is 0 Å². The normalized spacial score (nSPS) is 20.3. The Morgan fingerprint density at radius 2 is 1.50 bits per heavy atom. The fraction of sp³-hybridized carbons (Fsp3) is 0.619. The summed E-state index contributed by atoms with van der Waals surface area (Å²) in [5.41, 5.74) is 2.96. The Kier molecular flexibility index (Phi) is 6.25. The van der Waals surface area contributed by atoms with Crippen LogP contribution in [0.4, 0.5) is 0 Å². The van der Waals surface area contributed by atoms with Crippen LogP contribution in [0, 0.1) is 25.7 Å². The Morgan fingerprint density at radius 1 is 0.929 bits per heavy atom. The molecule has 2 saturated heterocycles. The number of hydrogen-bond acceptors (Lipinski definition) is 4. The topological polar surface area (TPSA) is 74.8 Å². The Hall–Kier alpha value is -1.73. The molecule has 0 atom stereocenters. The molecule has 6 nitrogen and oxygen atoms in total. The summed E-state index contributed by atoms with van der Waals surface area (Å²) in [7, 11) is -3.18. The van der Waals surface area contributed by atoms with Crippen LogP contribution in [-0.4, -0.2) is 61.7 Å². The summed E-state index contributed by atoms with van der Waals surface area (Å²) < 4.78 is 24.7. The van der Waals surface area contributed by atoms with Gasteiger partial charge in [0.1, 0.15) is 0 Å². The van der Waals surface area contributed by atoms with Crippen molar-refractivity contribution in [1.82, 2.24) is 9.21 Å². The maximum absolute atomic E-state index is 12.9. The molecule has 154 valence electrons. The Morgan fingerprint density at radius 3 is 2.04 bits per heavy atom. The highest BCUT2D eigenvalue weighted by molar-refractivity contribution is 7.88. The van der Waals surface area contributed by atoms with Gasteiger partial charge < -0.3 is 4.90 Å². The maximum Gasteiger partial charge on any atom is 0.225 e. The zero-order chi connectivity index (χ0) is 20.5. The molecule has 1 aromatic carbocycles. The SMILES string of the molecule is Cc1ccc(C(=O)C2CCN(C(=O)C3CCN(S(C)(=O)=O)CC3)CC2)c(C)c1. The maximum atomic E-state index is 12.9. The average molecular weight is 407 g/mol. The van der Waals surface area contributed by atoms with Crippen molar-refractivity contribution in [2.45, 2.75) is 39.5 Å². The molecular weight excluding hydrogens is 376 g/mol. The van der Waals surface area contributed by atoms with Crippen LogP contribution in [-0.2, 0) is 14.8 Å². The van der Waals surface area contributed by atoms with Crippen molar-refractivity contribution in [1.29, 1.82) is 0 Å². The van der Waals surface area contributed by atoms with E-state index in [-0.39, 0.29) is 23.5 Å². The first kappa shape index (κ1) is 21.0. The van der Waals surface area contributed by atoms with Gasteiger partial charge in [0, 0.05) is 43.6 Å². The van der Waals surface area contributed by atoms with Crippen molar-refractivity contribution >= 4 is 21.7 Å². The fourth-order valence-corrected chi connectivity index (χ4v) is 5.24. The molecule has 3 rings (SSSR count). The van der Waals surface area contributed by atoms with Crippen molar-refractivity contribution in [3.63, 3.8) is 0 Å². The second-order valence-corrected chi connectivity index (χ2v) is 10.2. The average Bonchev–Trinajstić information content (AvgIpc) is 2.66. The fourth-order valence-electron chi connectivity index (χ4n) is 4.36. The third-order valence-corrected chi connectivity index (χ3v) is 7.40. The van der Waals surface area contributed by atoms with Crippen LogP contribution in [0.2, 0.25) is 0 Å². The first-order valence-electron chi connectivity index (χ1n) is 10.0. The van der Waals surface area contributed by atoms with E-state index in [1.54, 1.807) is 0 Å². The minimum absolute atomic E-state index is 0.0301. The van der Waals surface area contributed by atoms with E-state index >= 15 is 0 Å². The van der Waals surface area contributed by atoms with E-state index in [2.05, 4.69) is 0 Å². The summed E-state index contributed by atoms with van der Waals surface area (Å²) in [6.07, 6.45) is 3.76. The first-order chi connectivity index (χ1) is 13.2. The molecule has 1 amide bonds. The van der Waals surface area contributed by atoms with E-state index in [0.717, 1.165) is 16.7 Å². The molecule has 2 fully saturated rings. The molecule has 0 saturated carbocycles. The van der Waals surface area contributed by atoms with Gasteiger partial charge in [-0.05, 0) is 45.1 Å². The van der Waals surface area contributed by atoms with Gasteiger partial charge in [0.05, 0.1) is 6.26 Å². The van der Waals surface area contributed by atoms with Crippen molar-refractivity contribution in [3.05, 3.63) is 34.9 Å². The van der Waals surface area contributed by atoms with Gasteiger partial charge in [0.25, 0.3) is 0 Å². The number of benzene rings is 1. The number of Topliss-reactive ketones (excluding diaryl/α,β-unsaturated/α-hetero) is 1. The molecule has 28 heavy (non-hydrogen) atoms. The smallest absolute Gasteiger partial charge is 0.225 e. The van der Waals surface area contributed by atoms with E-state index < -0.39 is 10.0 Å². The van der Waals surface area contributed by atoms with Gasteiger partial charge in [-0.3, -0.25) is 9.59 Å². The molecule has 0 bridgehead atoms. The number of carbonyl (C=O) groups is 2. The lowest BCUT2D eigenvalue weighted by atomic mass is 9.86. The van der Waals surface area contributed by atoms with Gasteiger partial charge in [-0.2, -0.15) is 0 Å². The number of ketones is 1. The number of hydrogen-bond donors (Lipinski definition) is 0. The van der Waals surface area contributed by atoms with Crippen LogP contribution >= 0.6 is 0 Å². The van der Waals surface area contributed by atoms with Gasteiger partial charge in [0.15, 0.2) is 5.78 Å². The molecule has 1 aromatic rings. The van der Waals surface area contributed by atoms with Crippen LogP contribution in [0.3, 0.4) is 0 Å². The van der Waals surface area contributed by atoms with Crippen LogP contribution in [0.25, 0.3) is 0 Å². The molecule has 0 aliphatic carbocycles. The second-order valence-electron chi connectivity index (χ2n) is 8.22. The quantitative estimate of drug-likeness (QED) is 0.720. The van der Waals surface area contributed by atoms with Gasteiger partial charge in [0.2, 0.25) is 15.9 Å². The third-order valence-electron chi connectivity index (χ3n) is 6.10. The number of sulfonamides is 1. The summed E-state index contributed by atoms with van der Waals surface area (Å²) in [6.45, 7) is 6.03. The second kappa shape index (κ2) is 8.33. The zero-order valence-electron chi connectivity index (χ0n) is 17.0. The first-order valence-corrected chi connectivity index (χ1v) is 11.9. The molecular formula is C21H30N2O4S. The number of aryl methyl sites for hydroxylation is 2. The summed E-state index contributed by atoms with van der Waals surface area (Å²) in [6, 6.07) is 5.93. The molecule has 2 heterocycles. The number of rotatable bonds is 4. The predicted molar refractivity (Wildman–Crippen MR) is 109 cm³/mol. The number of carbonyl (C=O) groups excluding carboxylic acids is 2. The van der Waals surface area contributed by atoms with E-state index in [1.807, 2.05) is 36.9 Å². The molecule has 2 aliphatic rings. The lowest BCUT2D eigenvalue weighted by molar-refractivity contribution is -0.138. The highest BCUT2D eigenvalue weighted by atomic mass is 32.2. The summed E-state index contributed by atoms with van der Waals surface area (Å²) >= 11 is 0. The summed E-state index contributed by atoms with van der Waals surface area (Å²) in [5.74, 6) is 0.166. The van der Waals surface area contributed by atoms with E-state index in [0.29, 0.717) is 51.9 Å². The Labute approximate surface area is 167 Å². The van der Waals surface area contributed by atoms with Gasteiger partial charge in [-0.1, -0.05) is 23.8 Å². The van der Waals surface area contributed by atoms with E-state index in [4.69, 9.17) is 0 Å². The zero-order valence-corrected chi connectivity index (χ0v) is 17.8. The van der Waals surface area contributed by atoms with E-state index in [9.17, 15) is 18.0 Å². The molecule has 0 N–H and O–H groups in total. The van der Waals surface area contributed by atoms with Crippen molar-refractivity contribution in [2.75, 3.05) is 32.4 Å². The van der Waals surface area contributed by atoms with Crippen LogP contribution in [0.1, 0.15) is 47.2 Å². The third kappa shape index (κ3) is 4.63. The predicted octanol–water partition coefficient (Wildman–Crippen LogP) is 2.40. The van der Waals surface area contributed by atoms with Crippen LogP contribution in [0.15, 0.2) is 18.2 Å². The lowest BCUT2D eigenvalue weighted by Gasteiger charge is -2.36. The van der Waals surface area contributed by atoms with Gasteiger partial charge in [-0.25, -0.2) is 12.7 Å². The number of nitrogens with zero attached hydrogens (tertiary/aromatic N) is 2. The highest BCUT2D eigenvalue weighted by Gasteiger charge is 2.34. The minimum Gasteiger partial charge on any atom is -0.342 e. The Bertz CT molecular complexity index is 849. The summed E-state index contributed by atoms with van der Waals surface area (Å²) in [5, 5.41) is 0. The van der Waals surface area contributed by atoms with Crippen LogP contribution < -0.4 is 0 Å². The molecule has 7 heteroatoms. The largest absolute Gasteiger partial charge is 0.342 e. The molecule has 0 aromatic heterocycles. The van der Waals surface area contributed by atoms with Crippen molar-refractivity contribution < 1.29 is 18.0 Å². The monoisotopic (exact) mass is 406 g/mol. The Balaban J connectivity index is 1.54. The molecule has 0 radical (unpaired) electrons. The van der Waals surface area contributed by atoms with E-state index in [1.165, 1.54) is 10.6 Å². The van der Waals surface area contributed by atoms with Crippen LogP contribution in [0.5, 0.6) is 0 Å². The van der Waals surface area contributed by atoms with Gasteiger partial charge >= 0.3 is 0 Å².